The van der Waals surface area contributed by atoms with Crippen molar-refractivity contribution in [2.24, 2.45) is 5.92 Å². The van der Waals surface area contributed by atoms with Crippen LogP contribution in [-0.2, 0) is 16.1 Å². The third-order valence-electron chi connectivity index (χ3n) is 3.21. The summed E-state index contributed by atoms with van der Waals surface area (Å²) in [6.45, 7) is 3.25. The number of piperidine rings is 1. The molecule has 2 rings (SSSR count). The molecule has 98 valence electrons. The number of H-pyrrole nitrogens is 1. The second kappa shape index (κ2) is 5.61. The Morgan fingerprint density at radius 3 is 2.78 bits per heavy atom. The van der Waals surface area contributed by atoms with E-state index >= 15 is 0 Å². The Morgan fingerprint density at radius 1 is 1.50 bits per heavy atom. The van der Waals surface area contributed by atoms with Crippen LogP contribution >= 0.6 is 0 Å². The molecule has 2 amide bonds. The molecule has 1 aliphatic rings. The molecular weight excluding hydrogens is 234 g/mol. The van der Waals surface area contributed by atoms with Crippen molar-refractivity contribution >= 4 is 11.8 Å². The zero-order valence-corrected chi connectivity index (χ0v) is 10.3. The average Bonchev–Trinajstić information content (AvgIpc) is 2.89. The SMILES string of the molecule is CC(=O)N1CCC(C(=O)NCc2ncn[nH]2)CC1. The van der Waals surface area contributed by atoms with Crippen LogP contribution in [0, 0.1) is 5.92 Å². The molecule has 0 unspecified atom stereocenters. The summed E-state index contributed by atoms with van der Waals surface area (Å²) in [5, 5.41) is 9.22. The van der Waals surface area contributed by atoms with Crippen molar-refractivity contribution in [2.45, 2.75) is 26.3 Å². The summed E-state index contributed by atoms with van der Waals surface area (Å²) in [5.41, 5.74) is 0. The highest BCUT2D eigenvalue weighted by Gasteiger charge is 2.25. The molecule has 0 aromatic carbocycles. The lowest BCUT2D eigenvalue weighted by molar-refractivity contribution is -0.134. The molecule has 0 bridgehead atoms. The molecule has 0 aliphatic carbocycles. The number of nitrogens with zero attached hydrogens (tertiary/aromatic N) is 3. The van der Waals surface area contributed by atoms with Crippen molar-refractivity contribution in [1.82, 2.24) is 25.4 Å². The molecule has 18 heavy (non-hydrogen) atoms. The van der Waals surface area contributed by atoms with Crippen molar-refractivity contribution in [3.63, 3.8) is 0 Å². The topological polar surface area (TPSA) is 91.0 Å². The van der Waals surface area contributed by atoms with E-state index in [1.165, 1.54) is 6.33 Å². The predicted molar refractivity (Wildman–Crippen MR) is 63.2 cm³/mol. The van der Waals surface area contributed by atoms with Crippen molar-refractivity contribution in [2.75, 3.05) is 13.1 Å². The van der Waals surface area contributed by atoms with Gasteiger partial charge in [0.2, 0.25) is 11.8 Å². The van der Waals surface area contributed by atoms with Gasteiger partial charge in [-0.25, -0.2) is 4.98 Å². The molecule has 0 saturated carbocycles. The van der Waals surface area contributed by atoms with Crippen LogP contribution in [0.2, 0.25) is 0 Å². The van der Waals surface area contributed by atoms with Gasteiger partial charge >= 0.3 is 0 Å². The summed E-state index contributed by atoms with van der Waals surface area (Å²) >= 11 is 0. The molecule has 2 heterocycles. The van der Waals surface area contributed by atoms with E-state index in [4.69, 9.17) is 0 Å². The highest BCUT2D eigenvalue weighted by molar-refractivity contribution is 5.79. The van der Waals surface area contributed by atoms with E-state index in [0.29, 0.717) is 25.5 Å². The second-order valence-electron chi connectivity index (χ2n) is 4.43. The Balaban J connectivity index is 1.75. The number of nitrogens with one attached hydrogen (secondary N) is 2. The number of carbonyl (C=O) groups excluding carboxylic acids is 2. The fourth-order valence-electron chi connectivity index (χ4n) is 2.09. The van der Waals surface area contributed by atoms with Gasteiger partial charge in [-0.1, -0.05) is 0 Å². The monoisotopic (exact) mass is 251 g/mol. The summed E-state index contributed by atoms with van der Waals surface area (Å²) in [6.07, 6.45) is 2.86. The van der Waals surface area contributed by atoms with Crippen LogP contribution in [0.4, 0.5) is 0 Å². The number of hydrogen-bond acceptors (Lipinski definition) is 4. The van der Waals surface area contributed by atoms with Gasteiger partial charge in [-0.3, -0.25) is 14.7 Å². The highest BCUT2D eigenvalue weighted by atomic mass is 16.2. The van der Waals surface area contributed by atoms with Gasteiger partial charge in [-0.05, 0) is 12.8 Å². The van der Waals surface area contributed by atoms with Crippen LogP contribution < -0.4 is 5.32 Å². The van der Waals surface area contributed by atoms with Gasteiger partial charge in [0, 0.05) is 25.9 Å². The molecule has 0 atom stereocenters. The fraction of sp³-hybridized carbons (Fsp3) is 0.636. The molecule has 0 radical (unpaired) electrons. The molecule has 1 fully saturated rings. The van der Waals surface area contributed by atoms with Gasteiger partial charge < -0.3 is 10.2 Å². The number of hydrogen-bond donors (Lipinski definition) is 2. The number of amides is 2. The molecule has 1 saturated heterocycles. The summed E-state index contributed by atoms with van der Waals surface area (Å²) in [4.78, 5) is 28.8. The van der Waals surface area contributed by atoms with Crippen molar-refractivity contribution in [3.8, 4) is 0 Å². The summed E-state index contributed by atoms with van der Waals surface area (Å²) < 4.78 is 0. The van der Waals surface area contributed by atoms with Crippen LogP contribution in [0.25, 0.3) is 0 Å². The van der Waals surface area contributed by atoms with E-state index < -0.39 is 0 Å². The van der Waals surface area contributed by atoms with Gasteiger partial charge in [0.05, 0.1) is 6.54 Å². The van der Waals surface area contributed by atoms with Gasteiger partial charge in [-0.2, -0.15) is 5.10 Å². The van der Waals surface area contributed by atoms with Crippen molar-refractivity contribution in [1.29, 1.82) is 0 Å². The van der Waals surface area contributed by atoms with E-state index in [2.05, 4.69) is 20.5 Å². The first kappa shape index (κ1) is 12.5. The maximum absolute atomic E-state index is 11.9. The first-order chi connectivity index (χ1) is 8.66. The van der Waals surface area contributed by atoms with Crippen molar-refractivity contribution in [3.05, 3.63) is 12.2 Å². The summed E-state index contributed by atoms with van der Waals surface area (Å²) in [6, 6.07) is 0. The Hall–Kier alpha value is -1.92. The minimum Gasteiger partial charge on any atom is -0.349 e. The highest BCUT2D eigenvalue weighted by Crippen LogP contribution is 2.17. The molecule has 0 spiro atoms. The lowest BCUT2D eigenvalue weighted by Crippen LogP contribution is -2.42. The number of rotatable bonds is 3. The zero-order valence-electron chi connectivity index (χ0n) is 10.3. The van der Waals surface area contributed by atoms with Gasteiger partial charge in [0.15, 0.2) is 0 Å². The number of carbonyl (C=O) groups is 2. The quantitative estimate of drug-likeness (QED) is 0.770. The first-order valence-electron chi connectivity index (χ1n) is 6.04. The summed E-state index contributed by atoms with van der Waals surface area (Å²) in [7, 11) is 0. The smallest absolute Gasteiger partial charge is 0.223 e. The Morgan fingerprint density at radius 2 is 2.22 bits per heavy atom. The molecule has 1 aromatic heterocycles. The van der Waals surface area contributed by atoms with Crippen LogP contribution in [0.3, 0.4) is 0 Å². The average molecular weight is 251 g/mol. The van der Waals surface area contributed by atoms with Crippen molar-refractivity contribution < 1.29 is 9.59 Å². The van der Waals surface area contributed by atoms with Crippen LogP contribution in [0.1, 0.15) is 25.6 Å². The zero-order chi connectivity index (χ0) is 13.0. The molecular formula is C11H17N5O2. The predicted octanol–water partition coefficient (Wildman–Crippen LogP) is -0.321. The number of aromatic nitrogens is 3. The molecule has 7 heteroatoms. The minimum absolute atomic E-state index is 0.0106. The third-order valence-corrected chi connectivity index (χ3v) is 3.21. The minimum atomic E-state index is -0.0106. The Bertz CT molecular complexity index is 409. The van der Waals surface area contributed by atoms with Gasteiger partial charge in [0.1, 0.15) is 12.2 Å². The Labute approximate surface area is 105 Å². The standard InChI is InChI=1S/C11H17N5O2/c1-8(17)16-4-2-9(3-5-16)11(18)12-6-10-13-7-14-15-10/h7,9H,2-6H2,1H3,(H,12,18)(H,13,14,15). The van der Waals surface area contributed by atoms with E-state index in [0.717, 1.165) is 12.8 Å². The van der Waals surface area contributed by atoms with Gasteiger partial charge in [-0.15, -0.1) is 0 Å². The van der Waals surface area contributed by atoms with Crippen LogP contribution in [0.15, 0.2) is 6.33 Å². The normalized spacial score (nSPS) is 16.6. The lowest BCUT2D eigenvalue weighted by Gasteiger charge is -2.30. The molecule has 2 N–H and O–H groups in total. The number of likely N-dealkylation sites (tertiary alicyclic amines) is 1. The first-order valence-corrected chi connectivity index (χ1v) is 6.04. The fourth-order valence-corrected chi connectivity index (χ4v) is 2.09. The van der Waals surface area contributed by atoms with Crippen LogP contribution in [-0.4, -0.2) is 45.0 Å². The Kier molecular flexibility index (Phi) is 3.91. The van der Waals surface area contributed by atoms with Gasteiger partial charge in [0.25, 0.3) is 0 Å². The van der Waals surface area contributed by atoms with E-state index in [1.54, 1.807) is 11.8 Å². The maximum atomic E-state index is 11.9. The van der Waals surface area contributed by atoms with E-state index in [9.17, 15) is 9.59 Å². The lowest BCUT2D eigenvalue weighted by atomic mass is 9.96. The molecule has 1 aliphatic heterocycles. The van der Waals surface area contributed by atoms with E-state index in [-0.39, 0.29) is 17.7 Å². The number of aromatic amines is 1. The van der Waals surface area contributed by atoms with E-state index in [1.807, 2.05) is 0 Å². The molecule has 7 nitrogen and oxygen atoms in total. The largest absolute Gasteiger partial charge is 0.349 e. The third kappa shape index (κ3) is 3.06. The summed E-state index contributed by atoms with van der Waals surface area (Å²) in [5.74, 6) is 0.734. The maximum Gasteiger partial charge on any atom is 0.223 e. The second-order valence-corrected chi connectivity index (χ2v) is 4.43. The molecule has 1 aromatic rings. The van der Waals surface area contributed by atoms with Crippen LogP contribution in [0.5, 0.6) is 0 Å².